The van der Waals surface area contributed by atoms with E-state index in [-0.39, 0.29) is 19.1 Å². The highest BCUT2D eigenvalue weighted by Crippen LogP contribution is 2.38. The summed E-state index contributed by atoms with van der Waals surface area (Å²) in [4.78, 5) is 16.8. The molecule has 0 saturated carbocycles. The van der Waals surface area contributed by atoms with Crippen LogP contribution in [0.15, 0.2) is 72.8 Å². The molecule has 0 radical (unpaired) electrons. The van der Waals surface area contributed by atoms with E-state index >= 15 is 0 Å². The molecule has 1 aliphatic rings. The minimum atomic E-state index is -4.45. The van der Waals surface area contributed by atoms with E-state index in [1.165, 1.54) is 41.3 Å². The molecule has 1 heterocycles. The lowest BCUT2D eigenvalue weighted by atomic mass is 9.88. The molecule has 4 nitrogen and oxygen atoms in total. The summed E-state index contributed by atoms with van der Waals surface area (Å²) >= 11 is 0. The van der Waals surface area contributed by atoms with Crippen molar-refractivity contribution in [3.8, 4) is 0 Å². The van der Waals surface area contributed by atoms with Gasteiger partial charge < -0.3 is 10.6 Å². The number of rotatable bonds is 4. The highest BCUT2D eigenvalue weighted by molar-refractivity contribution is 5.92. The number of benzene rings is 3. The molecule has 0 fully saturated rings. The zero-order valence-corrected chi connectivity index (χ0v) is 17.7. The van der Waals surface area contributed by atoms with Crippen LogP contribution < -0.4 is 10.6 Å². The number of nitrogens with zero attached hydrogens (tertiary/aromatic N) is 2. The largest absolute Gasteiger partial charge is 0.416 e. The third kappa shape index (κ3) is 4.71. The average Bonchev–Trinajstić information content (AvgIpc) is 2.81. The first-order chi connectivity index (χ1) is 15.8. The number of urea groups is 1. The van der Waals surface area contributed by atoms with Gasteiger partial charge in [-0.15, -0.1) is 0 Å². The molecule has 8 heteroatoms. The smallest absolute Gasteiger partial charge is 0.329 e. The standard InChI is InChI=1S/C25H23F4N3O/c26-20-9-11-21(12-10-20)31(16-14-30)24(33)32-15-13-17-3-1-2-4-22(17)23(32)18-5-7-19(8-6-18)25(27,28)29/h1-12,23H,13-16,30H2/t23-/m1/s1. The van der Waals surface area contributed by atoms with Crippen molar-refractivity contribution in [2.45, 2.75) is 18.6 Å². The topological polar surface area (TPSA) is 49.6 Å². The average molecular weight is 457 g/mol. The Hall–Kier alpha value is -3.39. The molecule has 3 aromatic rings. The SMILES string of the molecule is NCCN(C(=O)N1CCc2ccccc2[C@H]1c1ccc(C(F)(F)F)cc1)c1ccc(F)cc1. The van der Waals surface area contributed by atoms with E-state index in [2.05, 4.69) is 0 Å². The monoisotopic (exact) mass is 457 g/mol. The third-order valence-corrected chi connectivity index (χ3v) is 5.80. The van der Waals surface area contributed by atoms with Gasteiger partial charge in [0.1, 0.15) is 5.82 Å². The molecule has 1 aliphatic heterocycles. The normalized spacial score (nSPS) is 15.8. The fraction of sp³-hybridized carbons (Fsp3) is 0.240. The van der Waals surface area contributed by atoms with Crippen LogP contribution in [0.4, 0.5) is 28.0 Å². The third-order valence-electron chi connectivity index (χ3n) is 5.80. The van der Waals surface area contributed by atoms with Gasteiger partial charge >= 0.3 is 12.2 Å². The summed E-state index contributed by atoms with van der Waals surface area (Å²) in [5, 5.41) is 0. The van der Waals surface area contributed by atoms with Gasteiger partial charge in [-0.1, -0.05) is 36.4 Å². The maximum Gasteiger partial charge on any atom is 0.416 e. The summed E-state index contributed by atoms with van der Waals surface area (Å²) in [6.07, 6.45) is -3.84. The molecule has 3 aromatic carbocycles. The Bertz CT molecular complexity index is 1110. The van der Waals surface area contributed by atoms with Gasteiger partial charge in [-0.3, -0.25) is 4.90 Å². The Morgan fingerprint density at radius 3 is 2.30 bits per heavy atom. The van der Waals surface area contributed by atoms with Crippen LogP contribution in [0.3, 0.4) is 0 Å². The summed E-state index contributed by atoms with van der Waals surface area (Å²) in [7, 11) is 0. The summed E-state index contributed by atoms with van der Waals surface area (Å²) in [6.45, 7) is 0.782. The van der Waals surface area contributed by atoms with Gasteiger partial charge in [0.15, 0.2) is 0 Å². The van der Waals surface area contributed by atoms with Gasteiger partial charge in [0.05, 0.1) is 11.6 Å². The predicted molar refractivity (Wildman–Crippen MR) is 118 cm³/mol. The molecule has 0 aromatic heterocycles. The molecule has 0 spiro atoms. The van der Waals surface area contributed by atoms with Gasteiger partial charge in [-0.2, -0.15) is 13.2 Å². The van der Waals surface area contributed by atoms with E-state index in [9.17, 15) is 22.4 Å². The van der Waals surface area contributed by atoms with Crippen LogP contribution in [0.1, 0.15) is 28.3 Å². The van der Waals surface area contributed by atoms with Crippen molar-refractivity contribution >= 4 is 11.7 Å². The highest BCUT2D eigenvalue weighted by atomic mass is 19.4. The number of fused-ring (bicyclic) bond motifs is 1. The molecular weight excluding hydrogens is 434 g/mol. The van der Waals surface area contributed by atoms with Crippen LogP contribution in [-0.2, 0) is 12.6 Å². The second-order valence-electron chi connectivity index (χ2n) is 7.86. The zero-order chi connectivity index (χ0) is 23.6. The molecule has 2 N–H and O–H groups in total. The quantitative estimate of drug-likeness (QED) is 0.535. The van der Waals surface area contributed by atoms with E-state index in [0.29, 0.717) is 24.2 Å². The number of hydrogen-bond acceptors (Lipinski definition) is 2. The summed E-state index contributed by atoms with van der Waals surface area (Å²) in [6, 6.07) is 17.2. The Balaban J connectivity index is 1.75. The molecule has 0 bridgehead atoms. The van der Waals surface area contributed by atoms with E-state index < -0.39 is 23.6 Å². The fourth-order valence-corrected chi connectivity index (χ4v) is 4.23. The number of alkyl halides is 3. The van der Waals surface area contributed by atoms with Crippen molar-refractivity contribution in [2.24, 2.45) is 5.73 Å². The Morgan fingerprint density at radius 1 is 1.00 bits per heavy atom. The molecule has 33 heavy (non-hydrogen) atoms. The number of amides is 2. The van der Waals surface area contributed by atoms with Crippen LogP contribution in [0.25, 0.3) is 0 Å². The predicted octanol–water partition coefficient (Wildman–Crippen LogP) is 5.38. The lowest BCUT2D eigenvalue weighted by Gasteiger charge is -2.40. The Kier molecular flexibility index (Phi) is 6.37. The zero-order valence-electron chi connectivity index (χ0n) is 17.7. The number of hydrogen-bond donors (Lipinski definition) is 1. The molecule has 0 unspecified atom stereocenters. The Labute approximate surface area is 189 Å². The van der Waals surface area contributed by atoms with Crippen LogP contribution in [-0.4, -0.2) is 30.6 Å². The van der Waals surface area contributed by atoms with E-state index in [1.807, 2.05) is 24.3 Å². The van der Waals surface area contributed by atoms with Crippen LogP contribution in [0.5, 0.6) is 0 Å². The van der Waals surface area contributed by atoms with E-state index in [1.54, 1.807) is 4.90 Å². The first-order valence-electron chi connectivity index (χ1n) is 10.6. The van der Waals surface area contributed by atoms with Gasteiger partial charge in [0.25, 0.3) is 0 Å². The van der Waals surface area contributed by atoms with Crippen LogP contribution in [0, 0.1) is 5.82 Å². The maximum atomic E-state index is 13.7. The van der Waals surface area contributed by atoms with E-state index in [4.69, 9.17) is 5.73 Å². The van der Waals surface area contributed by atoms with Gasteiger partial charge in [0, 0.05) is 25.3 Å². The van der Waals surface area contributed by atoms with Crippen molar-refractivity contribution in [3.63, 3.8) is 0 Å². The first kappa shape index (κ1) is 22.8. The summed E-state index contributed by atoms with van der Waals surface area (Å²) < 4.78 is 52.7. The summed E-state index contributed by atoms with van der Waals surface area (Å²) in [5.41, 5.74) is 7.99. The molecule has 0 saturated heterocycles. The first-order valence-corrected chi connectivity index (χ1v) is 10.6. The lowest BCUT2D eigenvalue weighted by molar-refractivity contribution is -0.137. The van der Waals surface area contributed by atoms with Crippen LogP contribution in [0.2, 0.25) is 0 Å². The van der Waals surface area contributed by atoms with Crippen molar-refractivity contribution < 1.29 is 22.4 Å². The van der Waals surface area contributed by atoms with Crippen LogP contribution >= 0.6 is 0 Å². The van der Waals surface area contributed by atoms with E-state index in [0.717, 1.165) is 23.3 Å². The fourth-order valence-electron chi connectivity index (χ4n) is 4.23. The van der Waals surface area contributed by atoms with Crippen molar-refractivity contribution in [2.75, 3.05) is 24.5 Å². The number of carbonyl (C=O) groups excluding carboxylic acids is 1. The number of anilines is 1. The number of halogens is 4. The number of nitrogens with two attached hydrogens (primary N) is 1. The molecule has 172 valence electrons. The molecule has 1 atom stereocenters. The van der Waals surface area contributed by atoms with Gasteiger partial charge in [-0.25, -0.2) is 9.18 Å². The molecule has 4 rings (SSSR count). The molecule has 2 amide bonds. The van der Waals surface area contributed by atoms with Crippen molar-refractivity contribution in [1.29, 1.82) is 0 Å². The van der Waals surface area contributed by atoms with Gasteiger partial charge in [-0.05, 0) is 59.5 Å². The minimum Gasteiger partial charge on any atom is -0.329 e. The number of carbonyl (C=O) groups is 1. The second kappa shape index (κ2) is 9.23. The van der Waals surface area contributed by atoms with Crippen molar-refractivity contribution in [1.82, 2.24) is 4.90 Å². The summed E-state index contributed by atoms with van der Waals surface area (Å²) in [5.74, 6) is -0.423. The minimum absolute atomic E-state index is 0.193. The Morgan fingerprint density at radius 2 is 1.67 bits per heavy atom. The highest BCUT2D eigenvalue weighted by Gasteiger charge is 2.36. The van der Waals surface area contributed by atoms with Crippen molar-refractivity contribution in [3.05, 3.63) is 101 Å². The second-order valence-corrected chi connectivity index (χ2v) is 7.86. The molecule has 0 aliphatic carbocycles. The van der Waals surface area contributed by atoms with Gasteiger partial charge in [0.2, 0.25) is 0 Å². The lowest BCUT2D eigenvalue weighted by Crippen LogP contribution is -2.49. The maximum absolute atomic E-state index is 13.7. The molecular formula is C25H23F4N3O.